The van der Waals surface area contributed by atoms with Crippen LogP contribution in [0.2, 0.25) is 5.02 Å². The molecule has 0 radical (unpaired) electrons. The van der Waals surface area contributed by atoms with Crippen LogP contribution in [0, 0.1) is 5.41 Å². The highest BCUT2D eigenvalue weighted by atomic mass is 79.9. The summed E-state index contributed by atoms with van der Waals surface area (Å²) in [6.45, 7) is 0. The van der Waals surface area contributed by atoms with Gasteiger partial charge in [0.15, 0.2) is 0 Å². The number of rotatable bonds is 3. The first kappa shape index (κ1) is 11.0. The van der Waals surface area contributed by atoms with Crippen molar-refractivity contribution < 1.29 is 9.90 Å². The Balaban J connectivity index is 2.21. The number of carboxylic acids is 1. The Morgan fingerprint density at radius 3 is 2.60 bits per heavy atom. The molecule has 0 aliphatic heterocycles. The minimum Gasteiger partial charge on any atom is -0.481 e. The van der Waals surface area contributed by atoms with Crippen LogP contribution in [-0.4, -0.2) is 11.1 Å². The molecule has 80 valence electrons. The van der Waals surface area contributed by atoms with Gasteiger partial charge in [-0.15, -0.1) is 0 Å². The second-order valence-electron chi connectivity index (χ2n) is 4.04. The van der Waals surface area contributed by atoms with Gasteiger partial charge in [0, 0.05) is 9.50 Å². The largest absolute Gasteiger partial charge is 0.481 e. The number of carbonyl (C=O) groups is 1. The van der Waals surface area contributed by atoms with Gasteiger partial charge in [0.1, 0.15) is 0 Å². The average Bonchev–Trinajstić information content (AvgIpc) is 2.83. The predicted octanol–water partition coefficient (Wildman–Crippen LogP) is 3.51. The lowest BCUT2D eigenvalue weighted by Crippen LogP contribution is -2.17. The van der Waals surface area contributed by atoms with Gasteiger partial charge in [0.25, 0.3) is 0 Å². The van der Waals surface area contributed by atoms with Gasteiger partial charge < -0.3 is 5.11 Å². The third-order valence-corrected chi connectivity index (χ3v) is 3.45. The third-order valence-electron chi connectivity index (χ3n) is 2.77. The van der Waals surface area contributed by atoms with Crippen molar-refractivity contribution in [2.45, 2.75) is 19.3 Å². The van der Waals surface area contributed by atoms with Crippen LogP contribution in [0.4, 0.5) is 0 Å². The van der Waals surface area contributed by atoms with Crippen molar-refractivity contribution in [3.05, 3.63) is 33.3 Å². The molecule has 0 heterocycles. The summed E-state index contributed by atoms with van der Waals surface area (Å²) in [7, 11) is 0. The molecule has 1 fully saturated rings. The standard InChI is InChI=1S/C11H10BrClO2/c12-8-3-7(4-9(13)5-8)6-11(1-2-11)10(14)15/h3-5H,1-2,6H2,(H,14,15). The van der Waals surface area contributed by atoms with Crippen LogP contribution >= 0.6 is 27.5 Å². The van der Waals surface area contributed by atoms with E-state index in [-0.39, 0.29) is 0 Å². The minimum absolute atomic E-state index is 0.524. The van der Waals surface area contributed by atoms with E-state index in [0.29, 0.717) is 11.4 Å². The maximum absolute atomic E-state index is 11.0. The lowest BCUT2D eigenvalue weighted by molar-refractivity contribution is -0.143. The zero-order chi connectivity index (χ0) is 11.1. The van der Waals surface area contributed by atoms with Crippen LogP contribution in [0.1, 0.15) is 18.4 Å². The average molecular weight is 290 g/mol. The Morgan fingerprint density at radius 2 is 2.13 bits per heavy atom. The normalized spacial score (nSPS) is 17.5. The van der Waals surface area contributed by atoms with Crippen LogP contribution in [0.25, 0.3) is 0 Å². The maximum atomic E-state index is 11.0. The molecule has 0 amide bonds. The zero-order valence-corrected chi connectivity index (χ0v) is 10.3. The summed E-state index contributed by atoms with van der Waals surface area (Å²) < 4.78 is 0.895. The van der Waals surface area contributed by atoms with Crippen molar-refractivity contribution in [1.82, 2.24) is 0 Å². The molecule has 2 rings (SSSR count). The molecular formula is C11H10BrClO2. The fraction of sp³-hybridized carbons (Fsp3) is 0.364. The molecule has 1 aliphatic rings. The second-order valence-corrected chi connectivity index (χ2v) is 5.39. The van der Waals surface area contributed by atoms with Crippen molar-refractivity contribution in [1.29, 1.82) is 0 Å². The Morgan fingerprint density at radius 1 is 1.47 bits per heavy atom. The summed E-state index contributed by atoms with van der Waals surface area (Å²) >= 11 is 9.25. The van der Waals surface area contributed by atoms with Gasteiger partial charge in [0.05, 0.1) is 5.41 Å². The number of benzene rings is 1. The van der Waals surface area contributed by atoms with Gasteiger partial charge >= 0.3 is 5.97 Å². The van der Waals surface area contributed by atoms with Crippen LogP contribution in [-0.2, 0) is 11.2 Å². The molecule has 4 heteroatoms. The van der Waals surface area contributed by atoms with Gasteiger partial charge in [-0.25, -0.2) is 0 Å². The highest BCUT2D eigenvalue weighted by molar-refractivity contribution is 9.10. The monoisotopic (exact) mass is 288 g/mol. The van der Waals surface area contributed by atoms with Gasteiger partial charge in [-0.05, 0) is 43.0 Å². The topological polar surface area (TPSA) is 37.3 Å². The highest BCUT2D eigenvalue weighted by Gasteiger charge is 2.49. The van der Waals surface area contributed by atoms with Gasteiger partial charge in [-0.2, -0.15) is 0 Å². The molecule has 1 aromatic carbocycles. The molecule has 0 atom stereocenters. The van der Waals surface area contributed by atoms with E-state index < -0.39 is 11.4 Å². The molecule has 2 nitrogen and oxygen atoms in total. The lowest BCUT2D eigenvalue weighted by Gasteiger charge is -2.10. The molecule has 0 bridgehead atoms. The van der Waals surface area contributed by atoms with Crippen LogP contribution in [0.5, 0.6) is 0 Å². The molecule has 0 aromatic heterocycles. The summed E-state index contributed by atoms with van der Waals surface area (Å²) in [5.41, 5.74) is 0.457. The van der Waals surface area contributed by atoms with Crippen molar-refractivity contribution in [3.63, 3.8) is 0 Å². The van der Waals surface area contributed by atoms with E-state index in [2.05, 4.69) is 15.9 Å². The van der Waals surface area contributed by atoms with Gasteiger partial charge in [-0.1, -0.05) is 27.5 Å². The number of hydrogen-bond donors (Lipinski definition) is 1. The molecule has 0 unspecified atom stereocenters. The van der Waals surface area contributed by atoms with Crippen molar-refractivity contribution in [2.24, 2.45) is 5.41 Å². The Labute approximate surface area is 101 Å². The van der Waals surface area contributed by atoms with E-state index in [1.807, 2.05) is 12.1 Å². The summed E-state index contributed by atoms with van der Waals surface area (Å²) in [4.78, 5) is 11.0. The van der Waals surface area contributed by atoms with E-state index >= 15 is 0 Å². The first-order valence-corrected chi connectivity index (χ1v) is 5.87. The molecule has 0 saturated heterocycles. The first-order valence-electron chi connectivity index (χ1n) is 4.70. The summed E-state index contributed by atoms with van der Waals surface area (Å²) in [6.07, 6.45) is 2.11. The van der Waals surface area contributed by atoms with E-state index in [1.54, 1.807) is 6.07 Å². The Hall–Kier alpha value is -0.540. The SMILES string of the molecule is O=C(O)C1(Cc2cc(Cl)cc(Br)c2)CC1. The van der Waals surface area contributed by atoms with E-state index in [0.717, 1.165) is 22.9 Å². The molecule has 1 N–H and O–H groups in total. The number of carboxylic acid groups (broad SMARTS) is 1. The maximum Gasteiger partial charge on any atom is 0.309 e. The molecule has 15 heavy (non-hydrogen) atoms. The smallest absolute Gasteiger partial charge is 0.309 e. The molecule has 0 spiro atoms. The van der Waals surface area contributed by atoms with Crippen molar-refractivity contribution in [3.8, 4) is 0 Å². The Bertz CT molecular complexity index is 393. The summed E-state index contributed by atoms with van der Waals surface area (Å²) in [5.74, 6) is -0.696. The molecular weight excluding hydrogens is 279 g/mol. The van der Waals surface area contributed by atoms with Crippen molar-refractivity contribution in [2.75, 3.05) is 0 Å². The number of hydrogen-bond acceptors (Lipinski definition) is 1. The quantitative estimate of drug-likeness (QED) is 0.924. The van der Waals surface area contributed by atoms with Crippen molar-refractivity contribution >= 4 is 33.5 Å². The minimum atomic E-state index is -0.696. The fourth-order valence-corrected chi connectivity index (χ4v) is 2.65. The highest BCUT2D eigenvalue weighted by Crippen LogP contribution is 2.48. The first-order chi connectivity index (χ1) is 7.02. The summed E-state index contributed by atoms with van der Waals surface area (Å²) in [5, 5.41) is 9.70. The van der Waals surface area contributed by atoms with Gasteiger partial charge in [-0.3, -0.25) is 4.79 Å². The second kappa shape index (κ2) is 3.80. The Kier molecular flexibility index (Phi) is 2.77. The van der Waals surface area contributed by atoms with Crippen LogP contribution < -0.4 is 0 Å². The molecule has 1 aromatic rings. The van der Waals surface area contributed by atoms with E-state index in [1.165, 1.54) is 0 Å². The number of halogens is 2. The van der Waals surface area contributed by atoms with Gasteiger partial charge in [0.2, 0.25) is 0 Å². The van der Waals surface area contributed by atoms with E-state index in [4.69, 9.17) is 16.7 Å². The van der Waals surface area contributed by atoms with E-state index in [9.17, 15) is 4.79 Å². The number of aliphatic carboxylic acids is 1. The fourth-order valence-electron chi connectivity index (χ4n) is 1.72. The third kappa shape index (κ3) is 2.34. The lowest BCUT2D eigenvalue weighted by atomic mass is 9.97. The molecule has 1 saturated carbocycles. The summed E-state index contributed by atoms with van der Waals surface area (Å²) in [6, 6.07) is 5.55. The van der Waals surface area contributed by atoms with Crippen LogP contribution in [0.15, 0.2) is 22.7 Å². The van der Waals surface area contributed by atoms with Crippen LogP contribution in [0.3, 0.4) is 0 Å². The predicted molar refractivity (Wildman–Crippen MR) is 62.2 cm³/mol. The molecule has 1 aliphatic carbocycles. The zero-order valence-electron chi connectivity index (χ0n) is 7.96.